The number of hydrogen-bond donors (Lipinski definition) is 1. The van der Waals surface area contributed by atoms with Gasteiger partial charge in [-0.1, -0.05) is 56.3 Å². The lowest BCUT2D eigenvalue weighted by Crippen LogP contribution is -2.30. The average Bonchev–Trinajstić information content (AvgIpc) is 2.66. The van der Waals surface area contributed by atoms with Gasteiger partial charge in [0.2, 0.25) is 0 Å². The van der Waals surface area contributed by atoms with E-state index in [1.165, 1.54) is 11.1 Å². The van der Waals surface area contributed by atoms with Crippen LogP contribution in [-0.2, 0) is 6.54 Å². The van der Waals surface area contributed by atoms with Crippen molar-refractivity contribution >= 4 is 5.91 Å². The highest BCUT2D eigenvalue weighted by Gasteiger charge is 2.10. The van der Waals surface area contributed by atoms with Gasteiger partial charge in [-0.05, 0) is 56.0 Å². The van der Waals surface area contributed by atoms with Gasteiger partial charge in [0.25, 0.3) is 5.91 Å². The molecule has 0 aromatic heterocycles. The predicted octanol–water partition coefficient (Wildman–Crippen LogP) is 4.84. The lowest BCUT2D eigenvalue weighted by Gasteiger charge is -2.24. The van der Waals surface area contributed by atoms with Crippen LogP contribution >= 0.6 is 0 Å². The van der Waals surface area contributed by atoms with Crippen LogP contribution in [0.3, 0.4) is 0 Å². The fourth-order valence-corrected chi connectivity index (χ4v) is 3.11. The maximum Gasteiger partial charge on any atom is 0.251 e. The smallest absolute Gasteiger partial charge is 0.251 e. The number of benzene rings is 2. The van der Waals surface area contributed by atoms with Crippen molar-refractivity contribution < 1.29 is 4.79 Å². The summed E-state index contributed by atoms with van der Waals surface area (Å²) in [6.45, 7) is 11.4. The van der Waals surface area contributed by atoms with Gasteiger partial charge < -0.3 is 5.32 Å². The van der Waals surface area contributed by atoms with Crippen molar-refractivity contribution in [1.82, 2.24) is 10.2 Å². The van der Waals surface area contributed by atoms with Gasteiger partial charge in [0.05, 0.1) is 0 Å². The number of carbonyl (C=O) groups is 1. The van der Waals surface area contributed by atoms with E-state index >= 15 is 0 Å². The molecule has 3 heteroatoms. The Morgan fingerprint density at radius 2 is 1.65 bits per heavy atom. The third-order valence-corrected chi connectivity index (χ3v) is 4.97. The molecule has 1 amide bonds. The second-order valence-electron chi connectivity index (χ2n) is 7.21. The molecule has 2 aromatic rings. The Morgan fingerprint density at radius 3 is 2.23 bits per heavy atom. The minimum atomic E-state index is 0.00742. The summed E-state index contributed by atoms with van der Waals surface area (Å²) < 4.78 is 0. The van der Waals surface area contributed by atoms with Crippen LogP contribution < -0.4 is 5.32 Å². The monoisotopic (exact) mass is 352 g/mol. The molecule has 0 saturated carbocycles. The molecule has 26 heavy (non-hydrogen) atoms. The summed E-state index contributed by atoms with van der Waals surface area (Å²) in [5.74, 6) is 0.447. The minimum Gasteiger partial charge on any atom is -0.352 e. The summed E-state index contributed by atoms with van der Waals surface area (Å²) in [7, 11) is 0. The molecule has 140 valence electrons. The van der Waals surface area contributed by atoms with Gasteiger partial charge in [0.1, 0.15) is 0 Å². The number of nitrogens with one attached hydrogen (secondary N) is 1. The fraction of sp³-hybridized carbons (Fsp3) is 0.435. The van der Waals surface area contributed by atoms with Crippen molar-refractivity contribution in [3.05, 3.63) is 71.3 Å². The van der Waals surface area contributed by atoms with Gasteiger partial charge in [0.15, 0.2) is 0 Å². The van der Waals surface area contributed by atoms with Gasteiger partial charge in [-0.25, -0.2) is 0 Å². The number of rotatable bonds is 9. The largest absolute Gasteiger partial charge is 0.352 e. The Hall–Kier alpha value is -2.13. The summed E-state index contributed by atoms with van der Waals surface area (Å²) in [6, 6.07) is 18.9. The van der Waals surface area contributed by atoms with Crippen molar-refractivity contribution in [2.75, 3.05) is 13.1 Å². The lowest BCUT2D eigenvalue weighted by atomic mass is 9.98. The van der Waals surface area contributed by atoms with Gasteiger partial charge in [-0.15, -0.1) is 0 Å². The van der Waals surface area contributed by atoms with Gasteiger partial charge in [-0.2, -0.15) is 0 Å². The highest BCUT2D eigenvalue weighted by Crippen LogP contribution is 2.17. The van der Waals surface area contributed by atoms with Crippen molar-refractivity contribution in [3.8, 4) is 0 Å². The topological polar surface area (TPSA) is 32.3 Å². The van der Waals surface area contributed by atoms with Crippen LogP contribution in [0.15, 0.2) is 54.6 Å². The molecule has 0 aliphatic heterocycles. The third kappa shape index (κ3) is 5.99. The maximum atomic E-state index is 12.3. The molecule has 0 aliphatic carbocycles. The molecule has 2 aromatic carbocycles. The SMILES string of the molecule is CCN(Cc1ccc(C(=O)NCCC(C)c2ccccc2)cc1)C(C)C. The quantitative estimate of drug-likeness (QED) is 0.700. The van der Waals surface area contributed by atoms with Crippen molar-refractivity contribution in [3.63, 3.8) is 0 Å². The van der Waals surface area contributed by atoms with Crippen LogP contribution in [0.4, 0.5) is 0 Å². The summed E-state index contributed by atoms with van der Waals surface area (Å²) in [5.41, 5.74) is 3.29. The van der Waals surface area contributed by atoms with E-state index in [0.29, 0.717) is 18.5 Å². The van der Waals surface area contributed by atoms with Crippen LogP contribution in [0.1, 0.15) is 61.5 Å². The van der Waals surface area contributed by atoms with E-state index in [4.69, 9.17) is 0 Å². The fourth-order valence-electron chi connectivity index (χ4n) is 3.11. The van der Waals surface area contributed by atoms with E-state index in [9.17, 15) is 4.79 Å². The van der Waals surface area contributed by atoms with E-state index in [2.05, 4.69) is 74.3 Å². The molecule has 0 bridgehead atoms. The van der Waals surface area contributed by atoms with E-state index < -0.39 is 0 Å². The summed E-state index contributed by atoms with van der Waals surface area (Å²) in [5, 5.41) is 3.04. The number of hydrogen-bond acceptors (Lipinski definition) is 2. The average molecular weight is 353 g/mol. The number of carbonyl (C=O) groups excluding carboxylic acids is 1. The zero-order chi connectivity index (χ0) is 18.9. The molecule has 2 rings (SSSR count). The van der Waals surface area contributed by atoms with Gasteiger partial charge in [0, 0.05) is 24.7 Å². The molecule has 0 spiro atoms. The number of amides is 1. The summed E-state index contributed by atoms with van der Waals surface area (Å²) in [6.07, 6.45) is 0.938. The second kappa shape index (κ2) is 10.1. The molecular formula is C23H32N2O. The standard InChI is InChI=1S/C23H32N2O/c1-5-25(18(2)3)17-20-11-13-22(14-12-20)23(26)24-16-15-19(4)21-9-7-6-8-10-21/h6-14,18-19H,5,15-17H2,1-4H3,(H,24,26). The molecule has 1 atom stereocenters. The van der Waals surface area contributed by atoms with Gasteiger partial charge >= 0.3 is 0 Å². The normalized spacial score (nSPS) is 12.4. The zero-order valence-corrected chi connectivity index (χ0v) is 16.5. The first kappa shape index (κ1) is 20.2. The molecular weight excluding hydrogens is 320 g/mol. The molecule has 0 heterocycles. The molecule has 1 unspecified atom stereocenters. The van der Waals surface area contributed by atoms with Crippen LogP contribution in [0.2, 0.25) is 0 Å². The molecule has 0 radical (unpaired) electrons. The summed E-state index contributed by atoms with van der Waals surface area (Å²) >= 11 is 0. The molecule has 0 saturated heterocycles. The van der Waals surface area contributed by atoms with E-state index in [1.54, 1.807) is 0 Å². The predicted molar refractivity (Wildman–Crippen MR) is 109 cm³/mol. The van der Waals surface area contributed by atoms with E-state index in [0.717, 1.165) is 25.1 Å². The highest BCUT2D eigenvalue weighted by molar-refractivity contribution is 5.94. The first-order chi connectivity index (χ1) is 12.5. The highest BCUT2D eigenvalue weighted by atomic mass is 16.1. The minimum absolute atomic E-state index is 0.00742. The Labute approximate surface area is 158 Å². The second-order valence-corrected chi connectivity index (χ2v) is 7.21. The van der Waals surface area contributed by atoms with Gasteiger partial charge in [-0.3, -0.25) is 9.69 Å². The Balaban J connectivity index is 1.82. The molecule has 1 N–H and O–H groups in total. The Kier molecular flexibility index (Phi) is 7.86. The molecule has 0 fully saturated rings. The first-order valence-corrected chi connectivity index (χ1v) is 9.67. The number of nitrogens with zero attached hydrogens (tertiary/aromatic N) is 1. The van der Waals surface area contributed by atoms with Crippen molar-refractivity contribution in [2.45, 2.75) is 52.6 Å². The Bertz CT molecular complexity index is 664. The van der Waals surface area contributed by atoms with Crippen LogP contribution in [0.25, 0.3) is 0 Å². The Morgan fingerprint density at radius 1 is 1.00 bits per heavy atom. The molecule has 3 nitrogen and oxygen atoms in total. The third-order valence-electron chi connectivity index (χ3n) is 4.97. The first-order valence-electron chi connectivity index (χ1n) is 9.67. The maximum absolute atomic E-state index is 12.3. The molecule has 0 aliphatic rings. The van der Waals surface area contributed by atoms with Crippen molar-refractivity contribution in [1.29, 1.82) is 0 Å². The van der Waals surface area contributed by atoms with Crippen LogP contribution in [0, 0.1) is 0 Å². The van der Waals surface area contributed by atoms with E-state index in [1.807, 2.05) is 18.2 Å². The van der Waals surface area contributed by atoms with Crippen LogP contribution in [-0.4, -0.2) is 29.9 Å². The zero-order valence-electron chi connectivity index (χ0n) is 16.5. The summed E-state index contributed by atoms with van der Waals surface area (Å²) in [4.78, 5) is 14.7. The van der Waals surface area contributed by atoms with Crippen molar-refractivity contribution in [2.24, 2.45) is 0 Å². The van der Waals surface area contributed by atoms with Crippen LogP contribution in [0.5, 0.6) is 0 Å². The van der Waals surface area contributed by atoms with E-state index in [-0.39, 0.29) is 5.91 Å². The lowest BCUT2D eigenvalue weighted by molar-refractivity contribution is 0.0952.